The fourth-order valence-corrected chi connectivity index (χ4v) is 9.10. The number of carbonyl (C=O) groups excluding carboxylic acids is 4. The first-order valence-electron chi connectivity index (χ1n) is 18.7. The third kappa shape index (κ3) is 6.81. The van der Waals surface area contributed by atoms with Gasteiger partial charge in [0.1, 0.15) is 23.7 Å². The van der Waals surface area contributed by atoms with E-state index in [1.54, 1.807) is 12.2 Å². The Morgan fingerprint density at radius 2 is 1.69 bits per heavy atom. The van der Waals surface area contributed by atoms with E-state index in [9.17, 15) is 14.7 Å². The lowest BCUT2D eigenvalue weighted by molar-refractivity contribution is -0.163. The molecule has 0 aromatic heterocycles. The molecule has 1 aliphatic carbocycles. The number of cyclic esters (lactones) is 1. The maximum atomic E-state index is 15.1. The van der Waals surface area contributed by atoms with Gasteiger partial charge in [0.05, 0.1) is 37.3 Å². The molecule has 2 N–H and O–H groups in total. The molecule has 0 radical (unpaired) electrons. The lowest BCUT2D eigenvalue weighted by atomic mass is 9.77. The number of amides is 3. The number of nitrogens with zero attached hydrogens (tertiary/aromatic N) is 2. The van der Waals surface area contributed by atoms with E-state index in [2.05, 4.69) is 5.32 Å². The molecule has 2 saturated heterocycles. The fraction of sp³-hybridized carbons (Fsp3) is 0.512. The number of methoxy groups -OCH3 is 1. The maximum absolute atomic E-state index is 15.1. The minimum atomic E-state index is -1.50. The molecule has 11 nitrogen and oxygen atoms in total. The highest BCUT2D eigenvalue weighted by Gasteiger charge is 2.72. The van der Waals surface area contributed by atoms with Crippen molar-refractivity contribution in [2.24, 2.45) is 11.8 Å². The molecule has 8 atom stereocenters. The van der Waals surface area contributed by atoms with Gasteiger partial charge >= 0.3 is 5.97 Å². The Labute approximate surface area is 305 Å². The van der Waals surface area contributed by atoms with Crippen molar-refractivity contribution in [3.63, 3.8) is 0 Å². The Morgan fingerprint density at radius 1 is 0.962 bits per heavy atom. The number of fused-ring (bicyclic) bond motifs is 2. The van der Waals surface area contributed by atoms with Crippen LogP contribution in [0.5, 0.6) is 0 Å². The largest absolute Gasteiger partial charge is 0.455 e. The first-order chi connectivity index (χ1) is 25.4. The molecule has 2 aromatic carbocycles. The van der Waals surface area contributed by atoms with Gasteiger partial charge in [-0.05, 0) is 36.8 Å². The van der Waals surface area contributed by atoms with Gasteiger partial charge in [-0.3, -0.25) is 19.2 Å². The smallest absolute Gasteiger partial charge is 0.313 e. The Bertz CT molecular complexity index is 1660. The van der Waals surface area contributed by atoms with Gasteiger partial charge in [0, 0.05) is 26.1 Å². The zero-order valence-corrected chi connectivity index (χ0v) is 29.7. The van der Waals surface area contributed by atoms with Gasteiger partial charge in [-0.1, -0.05) is 104 Å². The number of nitrogens with one attached hydrogen (secondary N) is 1. The van der Waals surface area contributed by atoms with Crippen molar-refractivity contribution in [1.82, 2.24) is 15.1 Å². The topological polar surface area (TPSA) is 135 Å². The monoisotopic (exact) mass is 711 g/mol. The molecule has 11 heteroatoms. The zero-order valence-electron chi connectivity index (χ0n) is 29.7. The number of ether oxygens (including phenoxy) is 3. The van der Waals surface area contributed by atoms with Crippen molar-refractivity contribution in [3.05, 3.63) is 96.1 Å². The Kier molecular flexibility index (Phi) is 10.9. The van der Waals surface area contributed by atoms with Gasteiger partial charge in [0.2, 0.25) is 17.7 Å². The van der Waals surface area contributed by atoms with Crippen LogP contribution in [-0.4, -0.2) is 101 Å². The van der Waals surface area contributed by atoms with Crippen molar-refractivity contribution in [1.29, 1.82) is 0 Å². The molecule has 0 bridgehead atoms. The predicted octanol–water partition coefficient (Wildman–Crippen LogP) is 3.67. The fourth-order valence-electron chi connectivity index (χ4n) is 9.10. The SMILES string of the molecule is COC[C@H]1NC(=O)CC/C=C\[C@H]2O[C@]34C=CCN(C5CCCCC5)C(=O)[C@H]3N([C@@H](CO)Cc3ccccc3)C(=O)[C@@H]4[C@H]2C(=O)O[C@@H]1c1ccccc1. The van der Waals surface area contributed by atoms with E-state index in [1.807, 2.05) is 77.7 Å². The summed E-state index contributed by atoms with van der Waals surface area (Å²) in [6.45, 7) is 0.0564. The molecular formula is C41H49N3O8. The van der Waals surface area contributed by atoms with Gasteiger partial charge < -0.3 is 34.4 Å². The maximum Gasteiger partial charge on any atom is 0.313 e. The van der Waals surface area contributed by atoms with Crippen LogP contribution in [-0.2, 0) is 39.8 Å². The van der Waals surface area contributed by atoms with Crippen molar-refractivity contribution < 1.29 is 38.5 Å². The number of benzene rings is 2. The number of rotatable bonds is 8. The van der Waals surface area contributed by atoms with Gasteiger partial charge in [-0.25, -0.2) is 0 Å². The lowest BCUT2D eigenvalue weighted by Gasteiger charge is -2.41. The number of allylic oxidation sites excluding steroid dienone is 1. The van der Waals surface area contributed by atoms with E-state index >= 15 is 9.59 Å². The van der Waals surface area contributed by atoms with Crippen LogP contribution in [0.4, 0.5) is 0 Å². The number of hydrogen-bond donors (Lipinski definition) is 2. The summed E-state index contributed by atoms with van der Waals surface area (Å²) < 4.78 is 18.8. The standard InChI is InChI=1S/C41H49N3O8/c1-50-26-31-36(28-16-7-3-8-17-28)51-40(49)34-32(20-11-12-21-33(46)42-31)52-41-22-13-23-43(29-18-9-4-10-19-29)39(48)37(41)44(38(47)35(34)41)30(25-45)24-27-14-5-2-6-15-27/h2-3,5-8,11,13-17,20,22,29-32,34-37,45H,4,9-10,12,18-19,21,23-26H2,1H3,(H,42,46)/b20-11-/t30-,31-,32-,34+,35+,36-,37-,41+/m1/s1. The summed E-state index contributed by atoms with van der Waals surface area (Å²) >= 11 is 0. The van der Waals surface area contributed by atoms with Crippen LogP contribution in [0.25, 0.3) is 0 Å². The average Bonchev–Trinajstić information content (AvgIpc) is 3.56. The third-order valence-corrected chi connectivity index (χ3v) is 11.5. The van der Waals surface area contributed by atoms with Crippen molar-refractivity contribution in [2.45, 2.75) is 93.3 Å². The molecule has 4 aliphatic heterocycles. The Balaban J connectivity index is 1.33. The van der Waals surface area contributed by atoms with E-state index in [0.29, 0.717) is 24.9 Å². The number of aliphatic hydroxyl groups is 1. The van der Waals surface area contributed by atoms with Gasteiger partial charge in [0.25, 0.3) is 0 Å². The number of esters is 1. The molecule has 7 rings (SSSR count). The second-order valence-corrected chi connectivity index (χ2v) is 14.7. The molecule has 5 aliphatic rings. The predicted molar refractivity (Wildman–Crippen MR) is 191 cm³/mol. The Hall–Kier alpha value is -4.32. The molecule has 1 spiro atoms. The first-order valence-corrected chi connectivity index (χ1v) is 18.7. The summed E-state index contributed by atoms with van der Waals surface area (Å²) in [7, 11) is 1.52. The third-order valence-electron chi connectivity index (χ3n) is 11.5. The summed E-state index contributed by atoms with van der Waals surface area (Å²) in [5.41, 5.74) is 0.0670. The minimum Gasteiger partial charge on any atom is -0.455 e. The molecule has 3 amide bonds. The van der Waals surface area contributed by atoms with Crippen molar-refractivity contribution in [3.8, 4) is 0 Å². The van der Waals surface area contributed by atoms with Crippen LogP contribution in [0.15, 0.2) is 85.0 Å². The average molecular weight is 712 g/mol. The van der Waals surface area contributed by atoms with E-state index in [1.165, 1.54) is 12.0 Å². The Morgan fingerprint density at radius 3 is 2.40 bits per heavy atom. The molecule has 0 unspecified atom stereocenters. The second kappa shape index (κ2) is 15.7. The highest BCUT2D eigenvalue weighted by molar-refractivity contribution is 5.99. The molecular weight excluding hydrogens is 662 g/mol. The molecule has 52 heavy (non-hydrogen) atoms. The summed E-state index contributed by atoms with van der Waals surface area (Å²) in [5.74, 6) is -3.77. The van der Waals surface area contributed by atoms with E-state index in [0.717, 1.165) is 37.7 Å². The van der Waals surface area contributed by atoms with Crippen molar-refractivity contribution in [2.75, 3.05) is 26.9 Å². The summed E-state index contributed by atoms with van der Waals surface area (Å²) in [6.07, 6.45) is 11.2. The molecule has 3 fully saturated rings. The van der Waals surface area contributed by atoms with Gasteiger partial charge in [0.15, 0.2) is 0 Å². The summed E-state index contributed by atoms with van der Waals surface area (Å²) in [5, 5.41) is 13.9. The highest BCUT2D eigenvalue weighted by atomic mass is 16.6. The van der Waals surface area contributed by atoms with Crippen LogP contribution in [0.2, 0.25) is 0 Å². The van der Waals surface area contributed by atoms with Crippen LogP contribution in [0.3, 0.4) is 0 Å². The normalized spacial score (nSPS) is 32.4. The van der Waals surface area contributed by atoms with Crippen molar-refractivity contribution >= 4 is 23.7 Å². The number of hydrogen-bond acceptors (Lipinski definition) is 8. The van der Waals surface area contributed by atoms with E-state index in [-0.39, 0.29) is 37.5 Å². The van der Waals surface area contributed by atoms with Gasteiger partial charge in [-0.2, -0.15) is 0 Å². The molecule has 1 saturated carbocycles. The lowest BCUT2D eigenvalue weighted by Crippen LogP contribution is -2.60. The first kappa shape index (κ1) is 36.1. The number of aliphatic hydroxyl groups excluding tert-OH is 1. The number of carbonyl (C=O) groups is 4. The molecule has 2 aromatic rings. The molecule has 276 valence electrons. The quantitative estimate of drug-likeness (QED) is 0.313. The zero-order chi connectivity index (χ0) is 36.2. The minimum absolute atomic E-state index is 0.0209. The van der Waals surface area contributed by atoms with E-state index < -0.39 is 59.6 Å². The van der Waals surface area contributed by atoms with Gasteiger partial charge in [-0.15, -0.1) is 0 Å². The van der Waals surface area contributed by atoms with E-state index in [4.69, 9.17) is 14.2 Å². The van der Waals surface area contributed by atoms with Crippen LogP contribution < -0.4 is 5.32 Å². The summed E-state index contributed by atoms with van der Waals surface area (Å²) in [6, 6.07) is 16.2. The second-order valence-electron chi connectivity index (χ2n) is 14.7. The molecule has 4 heterocycles. The highest BCUT2D eigenvalue weighted by Crippen LogP contribution is 2.54. The summed E-state index contributed by atoms with van der Waals surface area (Å²) in [4.78, 5) is 61.4. The van der Waals surface area contributed by atoms with Crippen LogP contribution in [0.1, 0.15) is 62.2 Å². The van der Waals surface area contributed by atoms with Crippen LogP contribution >= 0.6 is 0 Å². The number of likely N-dealkylation sites (tertiary alicyclic amines) is 1. The van der Waals surface area contributed by atoms with Crippen LogP contribution in [0, 0.1) is 11.8 Å².